The van der Waals surface area contributed by atoms with Gasteiger partial charge in [-0.15, -0.1) is 0 Å². The van der Waals surface area contributed by atoms with Crippen molar-refractivity contribution >= 4 is 34.2 Å². The van der Waals surface area contributed by atoms with E-state index in [1.165, 1.54) is 0 Å². The summed E-state index contributed by atoms with van der Waals surface area (Å²) >= 11 is 0. The number of aryl methyl sites for hydroxylation is 1. The number of fused-ring (bicyclic) bond motifs is 3. The standard InChI is InChI=1S/C26H29N3O4.C23H29N3O4.2CH4/c30-25(20-8-10-23-24(16-20)33-14-13-32-23)22(17-29-11-3-4-12-29)28-26(31)27-21-9-7-18-5-1-2-6-19(18)15-21;1-16-4-7-18(8-5-16)24-23(28)25-19(15-26-10-2-3-11-26)22(27)17-6-9-20-21(14-17)30-13-12-29-20;;/h1-2,5-10,15-16,22,25,30H,3-4,11-14,17H2,(H2,27,28,31);4-9,14,19,22,27H,2-3,10-13,15H2,1H3,(H2,24,25,28);2*1H4. The number of nitrogens with one attached hydrogen (secondary N) is 4. The molecule has 14 nitrogen and oxygen atoms in total. The molecule has 0 spiro atoms. The lowest BCUT2D eigenvalue weighted by molar-refractivity contribution is 0.110. The lowest BCUT2D eigenvalue weighted by atomic mass is 10.0. The minimum absolute atomic E-state index is 0. The van der Waals surface area contributed by atoms with E-state index in [1.54, 1.807) is 12.1 Å². The van der Waals surface area contributed by atoms with Gasteiger partial charge in [0.2, 0.25) is 0 Å². The molecule has 4 heterocycles. The molecule has 4 atom stereocenters. The number of hydrogen-bond acceptors (Lipinski definition) is 10. The van der Waals surface area contributed by atoms with Crippen LogP contribution in [0.25, 0.3) is 10.8 Å². The van der Waals surface area contributed by atoms with Gasteiger partial charge >= 0.3 is 12.1 Å². The van der Waals surface area contributed by atoms with Crippen molar-refractivity contribution in [2.45, 2.75) is 71.8 Å². The zero-order valence-electron chi connectivity index (χ0n) is 35.8. The number of likely N-dealkylation sites (tertiary alicyclic amines) is 2. The Morgan fingerprint density at radius 1 is 0.538 bits per heavy atom. The Hall–Kier alpha value is -6.06. The van der Waals surface area contributed by atoms with Crippen LogP contribution in [0.1, 0.15) is 69.4 Å². The summed E-state index contributed by atoms with van der Waals surface area (Å²) in [7, 11) is 0. The monoisotopic (exact) mass is 890 g/mol. The maximum Gasteiger partial charge on any atom is 0.319 e. The molecule has 5 aromatic rings. The Morgan fingerprint density at radius 2 is 0.969 bits per heavy atom. The van der Waals surface area contributed by atoms with Crippen LogP contribution in [0.3, 0.4) is 0 Å². The number of aliphatic hydroxyl groups is 2. The third-order valence-corrected chi connectivity index (χ3v) is 11.8. The van der Waals surface area contributed by atoms with E-state index in [-0.39, 0.29) is 26.9 Å². The molecule has 4 aliphatic rings. The van der Waals surface area contributed by atoms with Gasteiger partial charge in [-0.2, -0.15) is 0 Å². The summed E-state index contributed by atoms with van der Waals surface area (Å²) in [6, 6.07) is 30.7. The topological polar surface area (TPSA) is 166 Å². The Morgan fingerprint density at radius 3 is 1.46 bits per heavy atom. The minimum atomic E-state index is -0.885. The molecule has 0 bridgehead atoms. The number of aliphatic hydroxyl groups excluding tert-OH is 2. The summed E-state index contributed by atoms with van der Waals surface area (Å²) in [5.74, 6) is 2.61. The number of anilines is 2. The fourth-order valence-electron chi connectivity index (χ4n) is 8.46. The van der Waals surface area contributed by atoms with Crippen molar-refractivity contribution in [2.75, 3.05) is 76.3 Å². The van der Waals surface area contributed by atoms with Gasteiger partial charge in [-0.25, -0.2) is 9.59 Å². The number of amides is 4. The van der Waals surface area contributed by atoms with E-state index in [0.29, 0.717) is 85.0 Å². The van der Waals surface area contributed by atoms with Gasteiger partial charge < -0.3 is 60.2 Å². The number of rotatable bonds is 12. The van der Waals surface area contributed by atoms with E-state index in [4.69, 9.17) is 18.9 Å². The average Bonchev–Trinajstić information content (AvgIpc) is 4.04. The molecular weight excluding hydrogens is 825 g/mol. The van der Waals surface area contributed by atoms with Gasteiger partial charge in [-0.3, -0.25) is 0 Å². The van der Waals surface area contributed by atoms with E-state index in [9.17, 15) is 19.8 Å². The lowest BCUT2D eigenvalue weighted by Gasteiger charge is -2.29. The maximum absolute atomic E-state index is 12.9. The number of carbonyl (C=O) groups is 2. The quantitative estimate of drug-likeness (QED) is 0.0718. The Bertz CT molecular complexity index is 2320. The first-order valence-electron chi connectivity index (χ1n) is 22.0. The van der Waals surface area contributed by atoms with Crippen LogP contribution in [-0.4, -0.2) is 110 Å². The van der Waals surface area contributed by atoms with Crippen molar-refractivity contribution in [3.8, 4) is 23.0 Å². The molecule has 65 heavy (non-hydrogen) atoms. The zero-order valence-corrected chi connectivity index (χ0v) is 35.8. The number of hydrogen-bond donors (Lipinski definition) is 6. The average molecular weight is 891 g/mol. The maximum atomic E-state index is 12.9. The summed E-state index contributed by atoms with van der Waals surface area (Å²) in [6.07, 6.45) is 2.80. The highest BCUT2D eigenvalue weighted by Gasteiger charge is 2.30. The van der Waals surface area contributed by atoms with Crippen LogP contribution in [0.15, 0.2) is 103 Å². The van der Waals surface area contributed by atoms with E-state index in [1.807, 2.05) is 97.9 Å². The second-order valence-corrected chi connectivity index (χ2v) is 16.5. The third-order valence-electron chi connectivity index (χ3n) is 11.8. The van der Waals surface area contributed by atoms with Crippen LogP contribution in [0.2, 0.25) is 0 Å². The summed E-state index contributed by atoms with van der Waals surface area (Å²) in [4.78, 5) is 30.1. The number of benzene rings is 5. The summed E-state index contributed by atoms with van der Waals surface area (Å²) in [6.45, 7) is 9.05. The highest BCUT2D eigenvalue weighted by atomic mass is 16.6. The molecule has 5 aromatic carbocycles. The molecule has 14 heteroatoms. The first-order valence-corrected chi connectivity index (χ1v) is 22.0. The van der Waals surface area contributed by atoms with Crippen molar-refractivity contribution in [2.24, 2.45) is 0 Å². The number of nitrogens with zero attached hydrogens (tertiary/aromatic N) is 2. The molecule has 2 fully saturated rings. The smallest absolute Gasteiger partial charge is 0.319 e. The third kappa shape index (κ3) is 13.0. The molecule has 0 radical (unpaired) electrons. The largest absolute Gasteiger partial charge is 0.486 e. The highest BCUT2D eigenvalue weighted by molar-refractivity contribution is 5.93. The van der Waals surface area contributed by atoms with Crippen LogP contribution < -0.4 is 40.2 Å². The number of ether oxygens (including phenoxy) is 4. The molecule has 348 valence electrons. The van der Waals surface area contributed by atoms with Crippen molar-refractivity contribution in [3.63, 3.8) is 0 Å². The molecule has 9 rings (SSSR count). The van der Waals surface area contributed by atoms with Gasteiger partial charge in [-0.05, 0) is 129 Å². The van der Waals surface area contributed by atoms with Crippen LogP contribution in [-0.2, 0) is 0 Å². The van der Waals surface area contributed by atoms with E-state index in [2.05, 4.69) is 31.1 Å². The van der Waals surface area contributed by atoms with Crippen LogP contribution in [0.4, 0.5) is 21.0 Å². The number of urea groups is 2. The molecule has 6 N–H and O–H groups in total. The second kappa shape index (κ2) is 23.2. The van der Waals surface area contributed by atoms with E-state index >= 15 is 0 Å². The summed E-state index contributed by atoms with van der Waals surface area (Å²) in [5.41, 5.74) is 3.93. The van der Waals surface area contributed by atoms with Gasteiger partial charge in [0.1, 0.15) is 38.6 Å². The van der Waals surface area contributed by atoms with Gasteiger partial charge in [0, 0.05) is 24.5 Å². The zero-order chi connectivity index (χ0) is 43.5. The fraction of sp³-hybridized carbons (Fsp3) is 0.412. The molecule has 4 unspecified atom stereocenters. The van der Waals surface area contributed by atoms with E-state index < -0.39 is 24.3 Å². The molecule has 2 saturated heterocycles. The van der Waals surface area contributed by atoms with Gasteiger partial charge in [-0.1, -0.05) is 75.0 Å². The van der Waals surface area contributed by atoms with Crippen molar-refractivity contribution < 1.29 is 38.7 Å². The van der Waals surface area contributed by atoms with E-state index in [0.717, 1.165) is 68.2 Å². The summed E-state index contributed by atoms with van der Waals surface area (Å²) < 4.78 is 22.5. The van der Waals surface area contributed by atoms with Crippen LogP contribution in [0, 0.1) is 6.92 Å². The van der Waals surface area contributed by atoms with Crippen molar-refractivity contribution in [3.05, 3.63) is 120 Å². The van der Waals surface area contributed by atoms with Crippen LogP contribution in [0.5, 0.6) is 23.0 Å². The van der Waals surface area contributed by atoms with Crippen LogP contribution >= 0.6 is 0 Å². The Balaban J connectivity index is 0.000000210. The lowest BCUT2D eigenvalue weighted by Crippen LogP contribution is -2.48. The van der Waals surface area contributed by atoms with Gasteiger partial charge in [0.15, 0.2) is 23.0 Å². The van der Waals surface area contributed by atoms with Crippen molar-refractivity contribution in [1.29, 1.82) is 0 Å². The SMILES string of the molecule is C.C.Cc1ccc(NC(=O)NC(CN2CCCC2)C(O)c2ccc3c(c2)OCCO3)cc1.O=C(Nc1ccc2ccccc2c1)NC(CN1CCCC1)C(O)c1ccc2c(c1)OCCO2. The molecule has 0 saturated carbocycles. The minimum Gasteiger partial charge on any atom is -0.486 e. The Kier molecular flexibility index (Phi) is 17.3. The first kappa shape index (κ1) is 48.4. The molecule has 4 amide bonds. The molecule has 0 aliphatic carbocycles. The second-order valence-electron chi connectivity index (χ2n) is 16.5. The fourth-order valence-corrected chi connectivity index (χ4v) is 8.46. The predicted molar refractivity (Wildman–Crippen MR) is 257 cm³/mol. The molecule has 4 aliphatic heterocycles. The summed E-state index contributed by atoms with van der Waals surface area (Å²) in [5, 5.41) is 36.3. The number of carbonyl (C=O) groups excluding carboxylic acids is 2. The van der Waals surface area contributed by atoms with Crippen molar-refractivity contribution in [1.82, 2.24) is 20.4 Å². The van der Waals surface area contributed by atoms with Gasteiger partial charge in [0.25, 0.3) is 0 Å². The highest BCUT2D eigenvalue weighted by Crippen LogP contribution is 2.35. The normalized spacial score (nSPS) is 17.2. The van der Waals surface area contributed by atoms with Gasteiger partial charge in [0.05, 0.1) is 12.1 Å². The predicted octanol–water partition coefficient (Wildman–Crippen LogP) is 8.29. The molecular formula is C51H66N6O8. The first-order chi connectivity index (χ1) is 30.7. The Labute approximate surface area is 383 Å². The molecule has 0 aromatic heterocycles.